The third-order valence-corrected chi connectivity index (χ3v) is 3.62. The highest BCUT2D eigenvalue weighted by atomic mass is 19.1. The fourth-order valence-electron chi connectivity index (χ4n) is 2.64. The van der Waals surface area contributed by atoms with E-state index in [2.05, 4.69) is 30.4 Å². The molecule has 0 aliphatic rings. The fourth-order valence-corrected chi connectivity index (χ4v) is 2.64. The average Bonchev–Trinajstić information content (AvgIpc) is 2.40. The molecular weight excluding hydrogens is 268 g/mol. The predicted molar refractivity (Wildman–Crippen MR) is 82.4 cm³/mol. The van der Waals surface area contributed by atoms with Gasteiger partial charge in [0.15, 0.2) is 0 Å². The molecular formula is C18H21F2N. The zero-order valence-electron chi connectivity index (χ0n) is 12.7. The van der Waals surface area contributed by atoms with E-state index in [1.54, 1.807) is 0 Å². The van der Waals surface area contributed by atoms with Crippen LogP contribution in [0.5, 0.6) is 0 Å². The van der Waals surface area contributed by atoms with Crippen molar-refractivity contribution in [3.05, 3.63) is 70.3 Å². The van der Waals surface area contributed by atoms with Gasteiger partial charge in [-0.3, -0.25) is 0 Å². The normalized spacial score (nSPS) is 12.4. The lowest BCUT2D eigenvalue weighted by Crippen LogP contribution is -2.24. The van der Waals surface area contributed by atoms with Crippen LogP contribution in [0.3, 0.4) is 0 Å². The summed E-state index contributed by atoms with van der Waals surface area (Å²) in [6.07, 6.45) is 0.562. The summed E-state index contributed by atoms with van der Waals surface area (Å²) in [4.78, 5) is 0. The van der Waals surface area contributed by atoms with Gasteiger partial charge in [-0.05, 0) is 55.6 Å². The predicted octanol–water partition coefficient (Wildman–Crippen LogP) is 4.47. The minimum Gasteiger partial charge on any atom is -0.310 e. The number of likely N-dealkylation sites (N-methyl/N-ethyl adjacent to an activating group) is 1. The first-order valence-electron chi connectivity index (χ1n) is 7.25. The van der Waals surface area contributed by atoms with Gasteiger partial charge >= 0.3 is 0 Å². The van der Waals surface area contributed by atoms with Crippen LogP contribution >= 0.6 is 0 Å². The lowest BCUT2D eigenvalue weighted by molar-refractivity contribution is 0.537. The molecule has 0 fully saturated rings. The first-order valence-corrected chi connectivity index (χ1v) is 7.25. The number of halogens is 2. The molecule has 0 aliphatic heterocycles. The van der Waals surface area contributed by atoms with Crippen molar-refractivity contribution in [2.24, 2.45) is 0 Å². The van der Waals surface area contributed by atoms with Crippen molar-refractivity contribution in [2.45, 2.75) is 33.2 Å². The van der Waals surface area contributed by atoms with E-state index in [9.17, 15) is 8.78 Å². The summed E-state index contributed by atoms with van der Waals surface area (Å²) >= 11 is 0. The summed E-state index contributed by atoms with van der Waals surface area (Å²) in [6, 6.07) is 10.1. The molecule has 3 heteroatoms. The van der Waals surface area contributed by atoms with E-state index in [1.165, 1.54) is 28.8 Å². The summed E-state index contributed by atoms with van der Waals surface area (Å²) in [6.45, 7) is 6.94. The fraction of sp³-hybridized carbons (Fsp3) is 0.333. The molecule has 112 valence electrons. The molecule has 0 heterocycles. The average molecular weight is 289 g/mol. The van der Waals surface area contributed by atoms with Crippen molar-refractivity contribution in [3.8, 4) is 0 Å². The third kappa shape index (κ3) is 4.11. The molecule has 1 nitrogen and oxygen atoms in total. The maximum absolute atomic E-state index is 13.3. The van der Waals surface area contributed by atoms with Crippen LogP contribution in [-0.2, 0) is 6.42 Å². The quantitative estimate of drug-likeness (QED) is 0.856. The van der Waals surface area contributed by atoms with Gasteiger partial charge in [0.05, 0.1) is 0 Å². The Balaban J connectivity index is 2.32. The zero-order chi connectivity index (χ0) is 15.4. The van der Waals surface area contributed by atoms with Crippen LogP contribution in [0.15, 0.2) is 36.4 Å². The Kier molecular flexibility index (Phi) is 5.07. The molecule has 2 aromatic rings. The van der Waals surface area contributed by atoms with E-state index in [-0.39, 0.29) is 6.04 Å². The van der Waals surface area contributed by atoms with Crippen LogP contribution in [0.25, 0.3) is 0 Å². The molecule has 1 atom stereocenters. The number of aryl methyl sites for hydroxylation is 2. The highest BCUT2D eigenvalue weighted by Gasteiger charge is 2.15. The van der Waals surface area contributed by atoms with Crippen LogP contribution in [0.2, 0.25) is 0 Å². The number of benzene rings is 2. The summed E-state index contributed by atoms with van der Waals surface area (Å²) < 4.78 is 26.7. The monoisotopic (exact) mass is 289 g/mol. The van der Waals surface area contributed by atoms with Crippen molar-refractivity contribution in [1.82, 2.24) is 5.32 Å². The largest absolute Gasteiger partial charge is 0.310 e. The minimum absolute atomic E-state index is 0.0519. The molecule has 0 radical (unpaired) electrons. The van der Waals surface area contributed by atoms with E-state index >= 15 is 0 Å². The number of hydrogen-bond acceptors (Lipinski definition) is 1. The van der Waals surface area contributed by atoms with E-state index in [0.29, 0.717) is 12.0 Å². The lowest BCUT2D eigenvalue weighted by atomic mass is 9.94. The molecule has 0 bridgehead atoms. The summed E-state index contributed by atoms with van der Waals surface area (Å²) in [5.74, 6) is -1.05. The Bertz CT molecular complexity index is 602. The van der Waals surface area contributed by atoms with E-state index in [0.717, 1.165) is 12.6 Å². The smallest absolute Gasteiger partial charge is 0.126 e. The molecule has 2 rings (SSSR count). The molecule has 2 aromatic carbocycles. The molecule has 0 spiro atoms. The topological polar surface area (TPSA) is 12.0 Å². The van der Waals surface area contributed by atoms with E-state index in [1.807, 2.05) is 13.8 Å². The standard InChI is InChI=1S/C18H21F2N/c1-4-21-18(17-7-12(2)5-6-13(17)3)10-14-8-15(19)11-16(20)9-14/h5-9,11,18,21H,4,10H2,1-3H3. The van der Waals surface area contributed by atoms with Crippen LogP contribution in [0, 0.1) is 25.5 Å². The first kappa shape index (κ1) is 15.6. The highest BCUT2D eigenvalue weighted by molar-refractivity contribution is 5.34. The molecule has 0 saturated carbocycles. The van der Waals surface area contributed by atoms with Gasteiger partial charge < -0.3 is 5.32 Å². The molecule has 0 aliphatic carbocycles. The first-order chi connectivity index (χ1) is 9.99. The van der Waals surface area contributed by atoms with Gasteiger partial charge in [-0.1, -0.05) is 30.7 Å². The second kappa shape index (κ2) is 6.81. The van der Waals surface area contributed by atoms with Gasteiger partial charge in [0.2, 0.25) is 0 Å². The molecule has 1 unspecified atom stereocenters. The summed E-state index contributed by atoms with van der Waals surface area (Å²) in [7, 11) is 0. The minimum atomic E-state index is -0.527. The lowest BCUT2D eigenvalue weighted by Gasteiger charge is -2.21. The third-order valence-electron chi connectivity index (χ3n) is 3.62. The Labute approximate surface area is 125 Å². The Morgan fingerprint density at radius 3 is 2.29 bits per heavy atom. The maximum atomic E-state index is 13.3. The Morgan fingerprint density at radius 2 is 1.67 bits per heavy atom. The molecule has 0 saturated heterocycles. The Hall–Kier alpha value is -1.74. The van der Waals surface area contributed by atoms with Gasteiger partial charge in [0, 0.05) is 12.1 Å². The van der Waals surface area contributed by atoms with Gasteiger partial charge in [0.25, 0.3) is 0 Å². The number of nitrogens with one attached hydrogen (secondary N) is 1. The van der Waals surface area contributed by atoms with Gasteiger partial charge in [-0.25, -0.2) is 8.78 Å². The van der Waals surface area contributed by atoms with Crippen molar-refractivity contribution in [3.63, 3.8) is 0 Å². The van der Waals surface area contributed by atoms with Gasteiger partial charge in [-0.15, -0.1) is 0 Å². The second-order valence-electron chi connectivity index (χ2n) is 5.45. The van der Waals surface area contributed by atoms with Crippen molar-refractivity contribution in [1.29, 1.82) is 0 Å². The van der Waals surface area contributed by atoms with E-state index in [4.69, 9.17) is 0 Å². The zero-order valence-corrected chi connectivity index (χ0v) is 12.7. The molecule has 0 aromatic heterocycles. The molecule has 21 heavy (non-hydrogen) atoms. The van der Waals surface area contributed by atoms with Crippen LogP contribution in [-0.4, -0.2) is 6.54 Å². The Morgan fingerprint density at radius 1 is 1.00 bits per heavy atom. The number of hydrogen-bond donors (Lipinski definition) is 1. The van der Waals surface area contributed by atoms with Crippen LogP contribution < -0.4 is 5.32 Å². The summed E-state index contributed by atoms with van der Waals surface area (Å²) in [5, 5.41) is 3.41. The summed E-state index contributed by atoms with van der Waals surface area (Å²) in [5.41, 5.74) is 4.22. The molecule has 1 N–H and O–H groups in total. The van der Waals surface area contributed by atoms with Crippen LogP contribution in [0.4, 0.5) is 8.78 Å². The van der Waals surface area contributed by atoms with Crippen LogP contribution in [0.1, 0.15) is 35.2 Å². The van der Waals surface area contributed by atoms with E-state index < -0.39 is 11.6 Å². The molecule has 0 amide bonds. The van der Waals surface area contributed by atoms with Crippen molar-refractivity contribution < 1.29 is 8.78 Å². The van der Waals surface area contributed by atoms with Crippen molar-refractivity contribution in [2.75, 3.05) is 6.54 Å². The number of rotatable bonds is 5. The second-order valence-corrected chi connectivity index (χ2v) is 5.45. The maximum Gasteiger partial charge on any atom is 0.126 e. The van der Waals surface area contributed by atoms with Crippen molar-refractivity contribution >= 4 is 0 Å². The van der Waals surface area contributed by atoms with Gasteiger partial charge in [0.1, 0.15) is 11.6 Å². The SMILES string of the molecule is CCNC(Cc1cc(F)cc(F)c1)c1cc(C)ccc1C. The van der Waals surface area contributed by atoms with Gasteiger partial charge in [-0.2, -0.15) is 0 Å². The highest BCUT2D eigenvalue weighted by Crippen LogP contribution is 2.24.